The van der Waals surface area contributed by atoms with E-state index in [2.05, 4.69) is 5.32 Å². The first kappa shape index (κ1) is 17.3. The van der Waals surface area contributed by atoms with Crippen LogP contribution in [0.3, 0.4) is 0 Å². The number of anilines is 1. The molecule has 2 atom stereocenters. The fourth-order valence-corrected chi connectivity index (χ4v) is 3.87. The zero-order valence-corrected chi connectivity index (χ0v) is 15.1. The summed E-state index contributed by atoms with van der Waals surface area (Å²) in [4.78, 5) is 40.6. The Hall–Kier alpha value is -3.15. The molecule has 0 bridgehead atoms. The molecule has 27 heavy (non-hydrogen) atoms. The van der Waals surface area contributed by atoms with E-state index in [1.807, 2.05) is 61.5 Å². The molecule has 4 amide bonds. The van der Waals surface area contributed by atoms with Crippen molar-refractivity contribution in [1.82, 2.24) is 10.2 Å². The van der Waals surface area contributed by atoms with Crippen molar-refractivity contribution in [2.75, 3.05) is 11.4 Å². The van der Waals surface area contributed by atoms with Crippen molar-refractivity contribution < 1.29 is 14.4 Å². The Kier molecular flexibility index (Phi) is 4.39. The van der Waals surface area contributed by atoms with Gasteiger partial charge in [0.1, 0.15) is 12.6 Å². The molecule has 0 aliphatic carbocycles. The fraction of sp³-hybridized carbons (Fsp3) is 0.286. The number of para-hydroxylation sites is 1. The number of benzene rings is 2. The van der Waals surface area contributed by atoms with Gasteiger partial charge in [-0.3, -0.25) is 14.5 Å². The SMILES string of the molecule is CC1Cc2ccccc2N1C(=O)CN1C(=O)NC(Cc2ccccc2)C1=O. The summed E-state index contributed by atoms with van der Waals surface area (Å²) in [7, 11) is 0. The first-order valence-corrected chi connectivity index (χ1v) is 9.10. The van der Waals surface area contributed by atoms with Gasteiger partial charge in [-0.25, -0.2) is 4.79 Å². The summed E-state index contributed by atoms with van der Waals surface area (Å²) in [5.74, 6) is -0.589. The Morgan fingerprint density at radius 1 is 1.07 bits per heavy atom. The second-order valence-electron chi connectivity index (χ2n) is 7.06. The van der Waals surface area contributed by atoms with E-state index in [0.29, 0.717) is 6.42 Å². The van der Waals surface area contributed by atoms with Crippen molar-refractivity contribution in [2.45, 2.75) is 31.8 Å². The van der Waals surface area contributed by atoms with Crippen molar-refractivity contribution in [3.05, 3.63) is 65.7 Å². The molecule has 0 radical (unpaired) electrons. The maximum atomic E-state index is 12.9. The Labute approximate surface area is 157 Å². The lowest BCUT2D eigenvalue weighted by molar-refractivity contribution is -0.131. The lowest BCUT2D eigenvalue weighted by atomic mass is 10.1. The number of urea groups is 1. The van der Waals surface area contributed by atoms with E-state index >= 15 is 0 Å². The summed E-state index contributed by atoms with van der Waals surface area (Å²) in [5, 5.41) is 2.70. The lowest BCUT2D eigenvalue weighted by Crippen LogP contribution is -2.45. The van der Waals surface area contributed by atoms with Crippen LogP contribution in [0.1, 0.15) is 18.1 Å². The number of imide groups is 1. The van der Waals surface area contributed by atoms with Crippen LogP contribution in [0.2, 0.25) is 0 Å². The molecular formula is C21H21N3O3. The third-order valence-corrected chi connectivity index (χ3v) is 5.16. The Morgan fingerprint density at radius 2 is 1.78 bits per heavy atom. The van der Waals surface area contributed by atoms with Crippen LogP contribution in [0.15, 0.2) is 54.6 Å². The number of hydrogen-bond donors (Lipinski definition) is 1. The normalized spacial score (nSPS) is 21.4. The number of rotatable bonds is 4. The van der Waals surface area contributed by atoms with Crippen molar-refractivity contribution in [2.24, 2.45) is 0 Å². The zero-order chi connectivity index (χ0) is 19.0. The number of fused-ring (bicyclic) bond motifs is 1. The second-order valence-corrected chi connectivity index (χ2v) is 7.06. The minimum absolute atomic E-state index is 0.00998. The van der Waals surface area contributed by atoms with Crippen LogP contribution in [-0.4, -0.2) is 41.4 Å². The van der Waals surface area contributed by atoms with Crippen molar-refractivity contribution in [1.29, 1.82) is 0 Å². The third-order valence-electron chi connectivity index (χ3n) is 5.16. The molecule has 2 heterocycles. The fourth-order valence-electron chi connectivity index (χ4n) is 3.87. The molecule has 138 valence electrons. The standard InChI is InChI=1S/C21H21N3O3/c1-14-11-16-9-5-6-10-18(16)24(14)19(25)13-23-20(26)17(22-21(23)27)12-15-7-3-2-4-8-15/h2-10,14,17H,11-13H2,1H3,(H,22,27). The van der Waals surface area contributed by atoms with E-state index in [-0.39, 0.29) is 24.4 Å². The van der Waals surface area contributed by atoms with Gasteiger partial charge in [0, 0.05) is 18.2 Å². The summed E-state index contributed by atoms with van der Waals surface area (Å²) < 4.78 is 0. The third kappa shape index (κ3) is 3.18. The molecule has 0 aromatic heterocycles. The van der Waals surface area contributed by atoms with Crippen LogP contribution in [0.25, 0.3) is 0 Å². The van der Waals surface area contributed by atoms with Gasteiger partial charge in [0.25, 0.3) is 5.91 Å². The smallest absolute Gasteiger partial charge is 0.325 e. The van der Waals surface area contributed by atoms with E-state index < -0.39 is 12.1 Å². The highest BCUT2D eigenvalue weighted by Crippen LogP contribution is 2.32. The van der Waals surface area contributed by atoms with Gasteiger partial charge in [-0.2, -0.15) is 0 Å². The number of carbonyl (C=O) groups excluding carboxylic acids is 3. The minimum Gasteiger partial charge on any atom is -0.325 e. The van der Waals surface area contributed by atoms with Gasteiger partial charge in [0.05, 0.1) is 0 Å². The van der Waals surface area contributed by atoms with E-state index in [1.54, 1.807) is 4.90 Å². The van der Waals surface area contributed by atoms with E-state index in [1.165, 1.54) is 0 Å². The molecule has 0 saturated carbocycles. The molecule has 2 aromatic carbocycles. The molecular weight excluding hydrogens is 342 g/mol. The average Bonchev–Trinajstić information content (AvgIpc) is 3.13. The van der Waals surface area contributed by atoms with E-state index in [9.17, 15) is 14.4 Å². The molecule has 1 N–H and O–H groups in total. The van der Waals surface area contributed by atoms with Gasteiger partial charge in [-0.05, 0) is 30.5 Å². The predicted octanol–water partition coefficient (Wildman–Crippen LogP) is 2.13. The highest BCUT2D eigenvalue weighted by Gasteiger charge is 2.41. The molecule has 2 aliphatic heterocycles. The molecule has 2 unspecified atom stereocenters. The number of amides is 4. The van der Waals surface area contributed by atoms with Crippen LogP contribution in [0.5, 0.6) is 0 Å². The van der Waals surface area contributed by atoms with Gasteiger partial charge in [0.2, 0.25) is 5.91 Å². The quantitative estimate of drug-likeness (QED) is 0.846. The van der Waals surface area contributed by atoms with Crippen LogP contribution in [0.4, 0.5) is 10.5 Å². The van der Waals surface area contributed by atoms with E-state index in [0.717, 1.165) is 28.1 Å². The van der Waals surface area contributed by atoms with Crippen molar-refractivity contribution in [3.8, 4) is 0 Å². The second kappa shape index (κ2) is 6.87. The maximum Gasteiger partial charge on any atom is 0.325 e. The monoisotopic (exact) mass is 363 g/mol. The largest absolute Gasteiger partial charge is 0.325 e. The van der Waals surface area contributed by atoms with Crippen LogP contribution in [-0.2, 0) is 22.4 Å². The summed E-state index contributed by atoms with van der Waals surface area (Å²) >= 11 is 0. The highest BCUT2D eigenvalue weighted by molar-refractivity contribution is 6.08. The molecule has 0 spiro atoms. The Balaban J connectivity index is 1.47. The van der Waals surface area contributed by atoms with Crippen molar-refractivity contribution in [3.63, 3.8) is 0 Å². The lowest BCUT2D eigenvalue weighted by Gasteiger charge is -2.24. The molecule has 6 nitrogen and oxygen atoms in total. The predicted molar refractivity (Wildman–Crippen MR) is 101 cm³/mol. The van der Waals surface area contributed by atoms with Gasteiger partial charge >= 0.3 is 6.03 Å². The van der Waals surface area contributed by atoms with Crippen LogP contribution < -0.4 is 10.2 Å². The summed E-state index contributed by atoms with van der Waals surface area (Å²) in [6.45, 7) is 1.73. The average molecular weight is 363 g/mol. The highest BCUT2D eigenvalue weighted by atomic mass is 16.2. The molecule has 4 rings (SSSR count). The van der Waals surface area contributed by atoms with Crippen molar-refractivity contribution >= 4 is 23.5 Å². The van der Waals surface area contributed by atoms with Crippen LogP contribution >= 0.6 is 0 Å². The molecule has 2 aromatic rings. The molecule has 1 fully saturated rings. The first-order valence-electron chi connectivity index (χ1n) is 9.10. The minimum atomic E-state index is -0.629. The summed E-state index contributed by atoms with van der Waals surface area (Å²) in [6, 6.07) is 16.1. The van der Waals surface area contributed by atoms with Gasteiger partial charge < -0.3 is 10.2 Å². The van der Waals surface area contributed by atoms with E-state index in [4.69, 9.17) is 0 Å². The van der Waals surface area contributed by atoms with Gasteiger partial charge in [-0.1, -0.05) is 48.5 Å². The topological polar surface area (TPSA) is 69.7 Å². The first-order chi connectivity index (χ1) is 13.0. The number of nitrogens with zero attached hydrogens (tertiary/aromatic N) is 2. The number of nitrogens with one attached hydrogen (secondary N) is 1. The molecule has 2 aliphatic rings. The van der Waals surface area contributed by atoms with Gasteiger partial charge in [-0.15, -0.1) is 0 Å². The maximum absolute atomic E-state index is 12.9. The molecule has 6 heteroatoms. The Bertz CT molecular complexity index is 897. The zero-order valence-electron chi connectivity index (χ0n) is 15.1. The van der Waals surface area contributed by atoms with Crippen LogP contribution in [0, 0.1) is 0 Å². The number of hydrogen-bond acceptors (Lipinski definition) is 3. The summed E-state index contributed by atoms with van der Waals surface area (Å²) in [6.07, 6.45) is 1.19. The summed E-state index contributed by atoms with van der Waals surface area (Å²) in [5.41, 5.74) is 2.94. The Morgan fingerprint density at radius 3 is 2.56 bits per heavy atom. The molecule has 1 saturated heterocycles. The van der Waals surface area contributed by atoms with Gasteiger partial charge in [0.15, 0.2) is 0 Å². The number of carbonyl (C=O) groups is 3.